The maximum atomic E-state index is 12.1. The summed E-state index contributed by atoms with van der Waals surface area (Å²) in [6, 6.07) is 0. The van der Waals surface area contributed by atoms with Crippen LogP contribution in [0.25, 0.3) is 0 Å². The Hall–Kier alpha value is -0.770. The van der Waals surface area contributed by atoms with Gasteiger partial charge in [0.25, 0.3) is 0 Å². The maximum Gasteiger partial charge on any atom is 0.410 e. The van der Waals surface area contributed by atoms with Gasteiger partial charge in [-0.2, -0.15) is 0 Å². The predicted octanol–water partition coefficient (Wildman–Crippen LogP) is 4.96. The molecule has 0 atom stereocenters. The second-order valence-corrected chi connectivity index (χ2v) is 8.05. The summed E-state index contributed by atoms with van der Waals surface area (Å²) < 4.78 is 5.41. The molecule has 0 saturated carbocycles. The number of rotatable bonds is 6. The lowest BCUT2D eigenvalue weighted by molar-refractivity contribution is 0.00935. The van der Waals surface area contributed by atoms with Crippen LogP contribution in [-0.2, 0) is 4.74 Å². The molecule has 0 aromatic rings. The molecule has 0 spiro atoms. The summed E-state index contributed by atoms with van der Waals surface area (Å²) in [7, 11) is 1.81. The zero-order chi connectivity index (χ0) is 18.2. The summed E-state index contributed by atoms with van der Waals surface area (Å²) in [5.74, 6) is 0. The summed E-state index contributed by atoms with van der Waals surface area (Å²) in [5, 5.41) is 0. The van der Waals surface area contributed by atoms with Crippen LogP contribution in [0.2, 0.25) is 0 Å². The van der Waals surface area contributed by atoms with Crippen LogP contribution in [0.15, 0.2) is 0 Å². The lowest BCUT2D eigenvalue weighted by Crippen LogP contribution is -2.47. The third-order valence-electron chi connectivity index (χ3n) is 3.44. The minimum Gasteiger partial charge on any atom is -0.444 e. The molecule has 0 aromatic heterocycles. The molecule has 0 bridgehead atoms. The quantitative estimate of drug-likeness (QED) is 0.705. The number of nitrogens with two attached hydrogens (primary N) is 1. The molecule has 0 aliphatic heterocycles. The average molecular weight is 317 g/mol. The van der Waals surface area contributed by atoms with E-state index in [1.807, 2.05) is 48.5 Å². The monoisotopic (exact) mass is 316 g/mol. The third-order valence-corrected chi connectivity index (χ3v) is 3.44. The van der Waals surface area contributed by atoms with Crippen LogP contribution < -0.4 is 5.73 Å². The van der Waals surface area contributed by atoms with E-state index in [9.17, 15) is 4.79 Å². The van der Waals surface area contributed by atoms with E-state index < -0.39 is 5.60 Å². The van der Waals surface area contributed by atoms with E-state index in [0.717, 1.165) is 25.7 Å². The Morgan fingerprint density at radius 2 is 1.36 bits per heavy atom. The first-order chi connectivity index (χ1) is 9.75. The van der Waals surface area contributed by atoms with Gasteiger partial charge in [-0.3, -0.25) is 0 Å². The van der Waals surface area contributed by atoms with Gasteiger partial charge in [-0.1, -0.05) is 26.7 Å². The molecule has 0 radical (unpaired) electrons. The summed E-state index contributed by atoms with van der Waals surface area (Å²) in [4.78, 5) is 13.8. The third kappa shape index (κ3) is 11.8. The van der Waals surface area contributed by atoms with Gasteiger partial charge in [0, 0.05) is 18.1 Å². The van der Waals surface area contributed by atoms with Crippen molar-refractivity contribution in [1.82, 2.24) is 4.90 Å². The summed E-state index contributed by atoms with van der Waals surface area (Å²) in [6.07, 6.45) is 3.81. The number of unbranched alkanes of at least 4 members (excludes halogenated alkanes) is 1. The van der Waals surface area contributed by atoms with Gasteiger partial charge >= 0.3 is 6.09 Å². The van der Waals surface area contributed by atoms with Gasteiger partial charge in [-0.05, 0) is 61.3 Å². The van der Waals surface area contributed by atoms with Gasteiger partial charge in [0.1, 0.15) is 5.60 Å². The highest BCUT2D eigenvalue weighted by molar-refractivity contribution is 5.68. The molecule has 22 heavy (non-hydrogen) atoms. The van der Waals surface area contributed by atoms with Crippen molar-refractivity contribution in [3.05, 3.63) is 0 Å². The van der Waals surface area contributed by atoms with Crippen molar-refractivity contribution < 1.29 is 9.53 Å². The van der Waals surface area contributed by atoms with Crippen molar-refractivity contribution in [2.24, 2.45) is 5.73 Å². The SMILES string of the molecule is CC.CN(C(=O)OC(C)(C)C)C(C)(C)CCCCC(C)(C)N. The van der Waals surface area contributed by atoms with Crippen LogP contribution >= 0.6 is 0 Å². The van der Waals surface area contributed by atoms with Crippen LogP contribution in [0.5, 0.6) is 0 Å². The lowest BCUT2D eigenvalue weighted by Gasteiger charge is -2.37. The molecule has 0 aliphatic carbocycles. The molecule has 2 N–H and O–H groups in total. The van der Waals surface area contributed by atoms with Gasteiger partial charge in [-0.15, -0.1) is 0 Å². The molecule has 4 heteroatoms. The van der Waals surface area contributed by atoms with Gasteiger partial charge in [0.15, 0.2) is 0 Å². The molecule has 1 amide bonds. The molecular weight excluding hydrogens is 276 g/mol. The number of hydrogen-bond acceptors (Lipinski definition) is 3. The first-order valence-electron chi connectivity index (χ1n) is 8.50. The van der Waals surface area contributed by atoms with Crippen LogP contribution in [0.3, 0.4) is 0 Å². The largest absolute Gasteiger partial charge is 0.444 e. The molecule has 4 nitrogen and oxygen atoms in total. The van der Waals surface area contributed by atoms with Gasteiger partial charge in [0.2, 0.25) is 0 Å². The number of amides is 1. The average Bonchev–Trinajstić information content (AvgIpc) is 2.33. The van der Waals surface area contributed by atoms with Gasteiger partial charge in [0.05, 0.1) is 0 Å². The highest BCUT2D eigenvalue weighted by atomic mass is 16.6. The first kappa shape index (κ1) is 23.5. The minimum absolute atomic E-state index is 0.110. The Kier molecular flexibility index (Phi) is 10.0. The fraction of sp³-hybridized carbons (Fsp3) is 0.944. The number of carbonyl (C=O) groups excluding carboxylic acids is 1. The van der Waals surface area contributed by atoms with E-state index in [2.05, 4.69) is 13.8 Å². The van der Waals surface area contributed by atoms with Crippen LogP contribution in [0.1, 0.15) is 88.0 Å². The topological polar surface area (TPSA) is 55.6 Å². The Morgan fingerprint density at radius 3 is 1.73 bits per heavy atom. The fourth-order valence-corrected chi connectivity index (χ4v) is 1.88. The molecule has 0 aromatic carbocycles. The second kappa shape index (κ2) is 9.39. The van der Waals surface area contributed by atoms with Crippen molar-refractivity contribution in [1.29, 1.82) is 0 Å². The Morgan fingerprint density at radius 1 is 0.955 bits per heavy atom. The van der Waals surface area contributed by atoms with E-state index in [4.69, 9.17) is 10.5 Å². The highest BCUT2D eigenvalue weighted by Crippen LogP contribution is 2.24. The summed E-state index contributed by atoms with van der Waals surface area (Å²) in [5.41, 5.74) is 5.21. The van der Waals surface area contributed by atoms with Crippen molar-refractivity contribution >= 4 is 6.09 Å². The zero-order valence-corrected chi connectivity index (χ0v) is 16.7. The zero-order valence-electron chi connectivity index (χ0n) is 16.7. The normalized spacial score (nSPS) is 12.3. The van der Waals surface area contributed by atoms with Gasteiger partial charge < -0.3 is 15.4 Å². The standard InChI is InChI=1S/C16H34N2O2.C2H6/c1-14(2,3)20-13(19)18(8)16(6,7)12-10-9-11-15(4,5)17;1-2/h9-12,17H2,1-8H3;1-2H3. The van der Waals surface area contributed by atoms with Crippen molar-refractivity contribution in [3.8, 4) is 0 Å². The Balaban J connectivity index is 0. The van der Waals surface area contributed by atoms with Crippen LogP contribution in [0, 0.1) is 0 Å². The smallest absolute Gasteiger partial charge is 0.410 e. The van der Waals surface area contributed by atoms with Crippen LogP contribution in [0.4, 0.5) is 4.79 Å². The van der Waals surface area contributed by atoms with Crippen molar-refractivity contribution in [2.75, 3.05) is 7.05 Å². The number of carbonyl (C=O) groups is 1. The highest BCUT2D eigenvalue weighted by Gasteiger charge is 2.30. The molecular formula is C18H40N2O2. The molecule has 0 saturated heterocycles. The lowest BCUT2D eigenvalue weighted by atomic mass is 9.92. The first-order valence-corrected chi connectivity index (χ1v) is 8.50. The van der Waals surface area contributed by atoms with E-state index in [-0.39, 0.29) is 17.2 Å². The second-order valence-electron chi connectivity index (χ2n) is 8.05. The minimum atomic E-state index is -0.453. The van der Waals surface area contributed by atoms with E-state index >= 15 is 0 Å². The van der Waals surface area contributed by atoms with Crippen molar-refractivity contribution in [3.63, 3.8) is 0 Å². The molecule has 0 fully saturated rings. The van der Waals surface area contributed by atoms with E-state index in [1.54, 1.807) is 11.9 Å². The van der Waals surface area contributed by atoms with Gasteiger partial charge in [-0.25, -0.2) is 4.79 Å². The van der Waals surface area contributed by atoms with Crippen molar-refractivity contribution in [2.45, 2.75) is 105 Å². The number of hydrogen-bond donors (Lipinski definition) is 1. The molecule has 134 valence electrons. The van der Waals surface area contributed by atoms with E-state index in [1.165, 1.54) is 0 Å². The maximum absolute atomic E-state index is 12.1. The molecule has 0 rings (SSSR count). The summed E-state index contributed by atoms with van der Waals surface area (Å²) >= 11 is 0. The number of ether oxygens (including phenoxy) is 1. The van der Waals surface area contributed by atoms with E-state index in [0.29, 0.717) is 0 Å². The number of nitrogens with zero attached hydrogens (tertiary/aromatic N) is 1. The molecule has 0 unspecified atom stereocenters. The summed E-state index contributed by atoms with van der Waals surface area (Å²) in [6.45, 7) is 17.9. The fourth-order valence-electron chi connectivity index (χ4n) is 1.88. The molecule has 0 aliphatic rings. The van der Waals surface area contributed by atoms with Crippen LogP contribution in [-0.4, -0.2) is 34.7 Å². The Bertz CT molecular complexity index is 312. The Labute approximate surface area is 138 Å². The molecule has 0 heterocycles. The predicted molar refractivity (Wildman–Crippen MR) is 96.2 cm³/mol.